The number of hydrogen-bond donors (Lipinski definition) is 1. The van der Waals surface area contributed by atoms with Gasteiger partial charge in [0.1, 0.15) is 13.2 Å². The fourth-order valence-corrected chi connectivity index (χ4v) is 8.93. The van der Waals surface area contributed by atoms with Gasteiger partial charge in [0.2, 0.25) is 25.6 Å². The predicted octanol–water partition coefficient (Wildman–Crippen LogP) is 6.14. The minimum Gasteiger partial charge on any atom is -0.464 e. The van der Waals surface area contributed by atoms with E-state index in [4.69, 9.17) is 14.2 Å². The number of hydrogen-bond acceptors (Lipinski definition) is 9. The number of likely N-dealkylation sites (N-methyl/N-ethyl adjacent to an activating group) is 1. The van der Waals surface area contributed by atoms with Gasteiger partial charge in [-0.3, -0.25) is 4.79 Å². The zero-order chi connectivity index (χ0) is 36.4. The molecular formula is C39H43NO9S2. The molecule has 0 fully saturated rings. The first-order valence-corrected chi connectivity index (χ1v) is 20.0. The first kappa shape index (κ1) is 37.9. The van der Waals surface area contributed by atoms with Gasteiger partial charge in [-0.1, -0.05) is 48.5 Å². The van der Waals surface area contributed by atoms with Crippen LogP contribution in [0.25, 0.3) is 0 Å². The van der Waals surface area contributed by atoms with Crippen LogP contribution in [0, 0.1) is 0 Å². The van der Waals surface area contributed by atoms with Gasteiger partial charge in [-0.15, -0.1) is 0 Å². The summed E-state index contributed by atoms with van der Waals surface area (Å²) in [6.07, 6.45) is 4.65. The Bertz CT molecular complexity index is 2030. The summed E-state index contributed by atoms with van der Waals surface area (Å²) < 4.78 is 67.4. The zero-order valence-corrected chi connectivity index (χ0v) is 30.4. The number of aryl methyl sites for hydroxylation is 2. The SMILES string of the molecule is CCOC(=O)COC1CCCc2cc(S(=O)(=O)c3ccccc3)ccc21.CNC(=O)COC1CCCc2cc(S(=O)(=O)c3ccccc3)ccc21. The standard InChI is InChI=1S/C20H22O5S.C19H21NO4S/c1-2-24-20(21)14-25-19-10-6-7-15-13-17(11-12-18(15)19)26(22,23)16-8-4-3-5-9-16;1-20-19(21)13-24-18-9-5-6-14-12-16(10-11-17(14)18)25(22,23)15-7-3-2-4-8-15/h3-5,8-9,11-13,19H,2,6-7,10,14H2,1H3;2-4,7-8,10-12,18H,5-6,9,13H2,1H3,(H,20,21). The summed E-state index contributed by atoms with van der Waals surface area (Å²) in [4.78, 5) is 24.1. The normalized spacial score (nSPS) is 16.8. The predicted molar refractivity (Wildman–Crippen MR) is 191 cm³/mol. The molecule has 10 nitrogen and oxygen atoms in total. The van der Waals surface area contributed by atoms with Crippen LogP contribution in [0.4, 0.5) is 0 Å². The fourth-order valence-electron chi connectivity index (χ4n) is 6.26. The Balaban J connectivity index is 0.000000198. The number of fused-ring (bicyclic) bond motifs is 2. The third kappa shape index (κ3) is 9.31. The zero-order valence-electron chi connectivity index (χ0n) is 28.7. The van der Waals surface area contributed by atoms with Crippen LogP contribution in [-0.2, 0) is 56.3 Å². The van der Waals surface area contributed by atoms with Crippen LogP contribution in [0.1, 0.15) is 67.1 Å². The van der Waals surface area contributed by atoms with Crippen molar-refractivity contribution >= 4 is 31.6 Å². The highest BCUT2D eigenvalue weighted by Gasteiger charge is 2.27. The van der Waals surface area contributed by atoms with E-state index >= 15 is 0 Å². The van der Waals surface area contributed by atoms with Gasteiger partial charge in [-0.05, 0) is 116 Å². The Labute approximate surface area is 300 Å². The van der Waals surface area contributed by atoms with Gasteiger partial charge in [0.05, 0.1) is 38.4 Å². The maximum atomic E-state index is 12.8. The average molecular weight is 734 g/mol. The maximum absolute atomic E-state index is 12.8. The van der Waals surface area contributed by atoms with Crippen LogP contribution in [0.5, 0.6) is 0 Å². The minimum absolute atomic E-state index is 0.00463. The quantitative estimate of drug-likeness (QED) is 0.180. The molecule has 0 heterocycles. The van der Waals surface area contributed by atoms with Crippen LogP contribution in [-0.4, -0.2) is 55.6 Å². The summed E-state index contributed by atoms with van der Waals surface area (Å²) >= 11 is 0. The molecule has 0 radical (unpaired) electrons. The number of nitrogens with one attached hydrogen (secondary N) is 1. The van der Waals surface area contributed by atoms with E-state index in [0.717, 1.165) is 60.8 Å². The van der Waals surface area contributed by atoms with Gasteiger partial charge in [-0.25, -0.2) is 21.6 Å². The number of carbonyl (C=O) groups excluding carboxylic acids is 2. The second-order valence-corrected chi connectivity index (χ2v) is 16.1. The van der Waals surface area contributed by atoms with Gasteiger partial charge in [0.25, 0.3) is 0 Å². The average Bonchev–Trinajstić information content (AvgIpc) is 3.16. The molecule has 0 bridgehead atoms. The second-order valence-electron chi connectivity index (χ2n) is 12.2. The van der Waals surface area contributed by atoms with Gasteiger partial charge in [0, 0.05) is 7.05 Å². The fraction of sp³-hybridized carbons (Fsp3) is 0.333. The molecule has 12 heteroatoms. The molecule has 270 valence electrons. The van der Waals surface area contributed by atoms with Crippen LogP contribution < -0.4 is 5.32 Å². The van der Waals surface area contributed by atoms with Crippen LogP contribution >= 0.6 is 0 Å². The van der Waals surface area contributed by atoms with E-state index in [9.17, 15) is 26.4 Å². The Morgan fingerprint density at radius 2 is 1.10 bits per heavy atom. The van der Waals surface area contributed by atoms with Gasteiger partial charge in [0.15, 0.2) is 0 Å². The van der Waals surface area contributed by atoms with Gasteiger partial charge >= 0.3 is 5.97 Å². The molecule has 0 saturated heterocycles. The topological polar surface area (TPSA) is 142 Å². The lowest BCUT2D eigenvalue weighted by Crippen LogP contribution is -2.25. The summed E-state index contributed by atoms with van der Waals surface area (Å²) in [5.41, 5.74) is 3.86. The highest BCUT2D eigenvalue weighted by Crippen LogP contribution is 2.36. The molecule has 1 N–H and O–H groups in total. The summed E-state index contributed by atoms with van der Waals surface area (Å²) in [6, 6.07) is 27.2. The molecule has 2 aliphatic rings. The monoisotopic (exact) mass is 733 g/mol. The lowest BCUT2D eigenvalue weighted by Gasteiger charge is -2.26. The number of benzene rings is 4. The molecule has 2 aliphatic carbocycles. The Morgan fingerprint density at radius 3 is 1.53 bits per heavy atom. The molecule has 2 atom stereocenters. The molecule has 1 amide bonds. The van der Waals surface area contributed by atoms with Crippen molar-refractivity contribution in [1.29, 1.82) is 0 Å². The number of rotatable bonds is 11. The molecule has 51 heavy (non-hydrogen) atoms. The van der Waals surface area contributed by atoms with Crippen molar-refractivity contribution in [3.05, 3.63) is 119 Å². The largest absolute Gasteiger partial charge is 0.464 e. The lowest BCUT2D eigenvalue weighted by atomic mass is 9.89. The molecule has 0 aromatic heterocycles. The lowest BCUT2D eigenvalue weighted by molar-refractivity contribution is -0.151. The summed E-state index contributed by atoms with van der Waals surface area (Å²) in [5, 5.41) is 2.53. The number of amides is 1. The Hall–Kier alpha value is -4.36. The van der Waals surface area contributed by atoms with E-state index < -0.39 is 19.7 Å². The van der Waals surface area contributed by atoms with E-state index in [-0.39, 0.29) is 52.0 Å². The van der Waals surface area contributed by atoms with Crippen molar-refractivity contribution in [2.75, 3.05) is 26.9 Å². The third-order valence-electron chi connectivity index (χ3n) is 8.88. The molecule has 0 spiro atoms. The molecule has 4 aromatic rings. The van der Waals surface area contributed by atoms with Gasteiger partial charge in [-0.2, -0.15) is 0 Å². The van der Waals surface area contributed by atoms with Crippen LogP contribution in [0.2, 0.25) is 0 Å². The van der Waals surface area contributed by atoms with E-state index in [2.05, 4.69) is 5.32 Å². The highest BCUT2D eigenvalue weighted by molar-refractivity contribution is 7.91. The van der Waals surface area contributed by atoms with Crippen molar-refractivity contribution in [3.8, 4) is 0 Å². The highest BCUT2D eigenvalue weighted by atomic mass is 32.2. The van der Waals surface area contributed by atoms with E-state index in [0.29, 0.717) is 11.5 Å². The molecule has 2 unspecified atom stereocenters. The number of esters is 1. The second kappa shape index (κ2) is 17.2. The van der Waals surface area contributed by atoms with E-state index in [1.165, 1.54) is 0 Å². The Kier molecular flexibility index (Phi) is 12.8. The summed E-state index contributed by atoms with van der Waals surface area (Å²) in [7, 11) is -5.49. The summed E-state index contributed by atoms with van der Waals surface area (Å²) in [5.74, 6) is -0.557. The molecule has 4 aromatic carbocycles. The first-order chi connectivity index (χ1) is 24.5. The van der Waals surface area contributed by atoms with Crippen molar-refractivity contribution in [2.45, 2.75) is 77.2 Å². The molecule has 0 aliphatic heterocycles. The van der Waals surface area contributed by atoms with Gasteiger partial charge < -0.3 is 19.5 Å². The number of sulfone groups is 2. The van der Waals surface area contributed by atoms with Crippen molar-refractivity contribution in [3.63, 3.8) is 0 Å². The number of carbonyl (C=O) groups is 2. The first-order valence-electron chi connectivity index (χ1n) is 17.0. The van der Waals surface area contributed by atoms with Crippen LogP contribution in [0.15, 0.2) is 117 Å². The third-order valence-corrected chi connectivity index (χ3v) is 12.4. The Morgan fingerprint density at radius 1 is 0.647 bits per heavy atom. The van der Waals surface area contributed by atoms with E-state index in [1.54, 1.807) is 105 Å². The van der Waals surface area contributed by atoms with Crippen molar-refractivity contribution in [1.82, 2.24) is 5.32 Å². The van der Waals surface area contributed by atoms with E-state index in [1.807, 2.05) is 6.07 Å². The molecule has 0 saturated carbocycles. The number of ether oxygens (including phenoxy) is 3. The molecular weight excluding hydrogens is 691 g/mol. The van der Waals surface area contributed by atoms with Crippen molar-refractivity contribution < 1.29 is 40.6 Å². The van der Waals surface area contributed by atoms with Crippen molar-refractivity contribution in [2.24, 2.45) is 0 Å². The smallest absolute Gasteiger partial charge is 0.332 e. The van der Waals surface area contributed by atoms with Crippen LogP contribution in [0.3, 0.4) is 0 Å². The minimum atomic E-state index is -3.54. The summed E-state index contributed by atoms with van der Waals surface area (Å²) in [6.45, 7) is 1.99. The molecule has 6 rings (SSSR count). The maximum Gasteiger partial charge on any atom is 0.332 e.